The zero-order valence-corrected chi connectivity index (χ0v) is 22.0. The number of aromatic hydroxyl groups is 2. The Bertz CT molecular complexity index is 987. The number of rotatable bonds is 5. The molecule has 0 aliphatic rings. The average Bonchev–Trinajstić information content (AvgIpc) is 2.66. The van der Waals surface area contributed by atoms with Gasteiger partial charge in [-0.2, -0.15) is 0 Å². The summed E-state index contributed by atoms with van der Waals surface area (Å²) in [5, 5.41) is 24.2. The normalized spacial score (nSPS) is 12.8. The van der Waals surface area contributed by atoms with Crippen LogP contribution in [0.3, 0.4) is 0 Å². The van der Waals surface area contributed by atoms with Gasteiger partial charge in [-0.15, -0.1) is 9.24 Å². The van der Waals surface area contributed by atoms with Crippen molar-refractivity contribution in [2.45, 2.75) is 44.4 Å². The van der Waals surface area contributed by atoms with Crippen LogP contribution in [-0.4, -0.2) is 26.4 Å². The molecule has 0 aliphatic carbocycles. The summed E-state index contributed by atoms with van der Waals surface area (Å²) < 4.78 is 0. The van der Waals surface area contributed by atoms with Crippen molar-refractivity contribution in [3.8, 4) is 11.5 Å². The third kappa shape index (κ3) is 4.01. The molecule has 0 saturated heterocycles. The van der Waals surface area contributed by atoms with E-state index < -0.39 is 21.3 Å². The maximum atomic E-state index is 11.5. The molecular formula is C25H33O2PSi2. The minimum Gasteiger partial charge on any atom is -0.508 e. The summed E-state index contributed by atoms with van der Waals surface area (Å²) in [5.41, 5.74) is 2.63. The Hall–Kier alpha value is -1.88. The van der Waals surface area contributed by atoms with Crippen molar-refractivity contribution in [2.24, 2.45) is 0 Å². The van der Waals surface area contributed by atoms with E-state index in [0.29, 0.717) is 11.5 Å². The Kier molecular flexibility index (Phi) is 6.07. The second-order valence-electron chi connectivity index (χ2n) is 10.1. The van der Waals surface area contributed by atoms with Crippen LogP contribution in [0.1, 0.15) is 16.7 Å². The molecule has 0 heterocycles. The van der Waals surface area contributed by atoms with E-state index in [1.807, 2.05) is 54.6 Å². The molecule has 3 rings (SSSR count). The molecule has 5 heteroatoms. The van der Waals surface area contributed by atoms with Gasteiger partial charge < -0.3 is 10.2 Å². The molecule has 1 atom stereocenters. The largest absolute Gasteiger partial charge is 0.508 e. The van der Waals surface area contributed by atoms with Crippen molar-refractivity contribution in [3.05, 3.63) is 83.4 Å². The molecule has 0 spiro atoms. The second kappa shape index (κ2) is 7.99. The highest BCUT2D eigenvalue weighted by atomic mass is 31.0. The molecular weight excluding hydrogens is 419 g/mol. The van der Waals surface area contributed by atoms with Crippen LogP contribution in [-0.2, 0) is 5.16 Å². The van der Waals surface area contributed by atoms with E-state index in [9.17, 15) is 10.2 Å². The van der Waals surface area contributed by atoms with Gasteiger partial charge in [0.05, 0.1) is 21.3 Å². The maximum absolute atomic E-state index is 11.5. The number of hydrogen-bond donors (Lipinski definition) is 2. The van der Waals surface area contributed by atoms with E-state index in [0.717, 1.165) is 27.1 Å². The first kappa shape index (κ1) is 22.8. The van der Waals surface area contributed by atoms with E-state index in [4.69, 9.17) is 0 Å². The Morgan fingerprint density at radius 3 is 1.37 bits per heavy atom. The molecule has 0 radical (unpaired) electrons. The first-order valence-electron chi connectivity index (χ1n) is 10.4. The van der Waals surface area contributed by atoms with Crippen molar-refractivity contribution in [1.82, 2.24) is 0 Å². The fourth-order valence-corrected chi connectivity index (χ4v) is 7.63. The molecule has 1 unspecified atom stereocenters. The van der Waals surface area contributed by atoms with Gasteiger partial charge in [-0.3, -0.25) is 0 Å². The first-order chi connectivity index (χ1) is 13.9. The third-order valence-corrected chi connectivity index (χ3v) is 10.8. The van der Waals surface area contributed by atoms with Crippen LogP contribution in [0.15, 0.2) is 66.7 Å². The lowest BCUT2D eigenvalue weighted by atomic mass is 9.83. The molecule has 3 aromatic rings. The van der Waals surface area contributed by atoms with Crippen LogP contribution >= 0.6 is 9.24 Å². The Balaban J connectivity index is 2.41. The van der Waals surface area contributed by atoms with Crippen LogP contribution < -0.4 is 10.4 Å². The zero-order valence-electron chi connectivity index (χ0n) is 18.8. The van der Waals surface area contributed by atoms with Crippen LogP contribution in [0.4, 0.5) is 0 Å². The number of para-hydroxylation sites is 2. The third-order valence-electron chi connectivity index (χ3n) is 5.77. The molecule has 30 heavy (non-hydrogen) atoms. The van der Waals surface area contributed by atoms with Crippen LogP contribution in [0.5, 0.6) is 11.5 Å². The Morgan fingerprint density at radius 1 is 0.600 bits per heavy atom. The van der Waals surface area contributed by atoms with Crippen molar-refractivity contribution >= 4 is 35.8 Å². The fourth-order valence-electron chi connectivity index (χ4n) is 4.09. The summed E-state index contributed by atoms with van der Waals surface area (Å²) in [7, 11) is -0.553. The molecule has 0 aliphatic heterocycles. The van der Waals surface area contributed by atoms with E-state index in [1.54, 1.807) is 0 Å². The van der Waals surface area contributed by atoms with E-state index in [2.05, 4.69) is 60.7 Å². The molecule has 0 bridgehead atoms. The van der Waals surface area contributed by atoms with Crippen LogP contribution in [0.25, 0.3) is 0 Å². The molecule has 158 valence electrons. The second-order valence-corrected chi connectivity index (χ2v) is 21.0. The molecule has 0 amide bonds. The molecule has 3 aromatic carbocycles. The van der Waals surface area contributed by atoms with Gasteiger partial charge in [0.2, 0.25) is 0 Å². The molecule has 2 nitrogen and oxygen atoms in total. The standard InChI is InChI=1S/C25H33O2PSi2/c1-29(2,3)21-16-10-14-19(23(21)26)25(28,18-12-8-7-9-13-18)20-15-11-17-22(24(20)27)30(4,5)6/h7-17,26-27H,28H2,1-6H3. The quantitative estimate of drug-likeness (QED) is 0.311. The Morgan fingerprint density at radius 2 is 1.00 bits per heavy atom. The minimum atomic E-state index is -1.76. The monoisotopic (exact) mass is 452 g/mol. The topological polar surface area (TPSA) is 40.5 Å². The SMILES string of the molecule is C[Si](C)(C)c1cccc(C(P)(c2ccccc2)c2cccc([Si](C)(C)C)c2O)c1O. The van der Waals surface area contributed by atoms with Gasteiger partial charge in [-0.1, -0.05) is 106 Å². The zero-order chi connectivity index (χ0) is 22.3. The lowest BCUT2D eigenvalue weighted by molar-refractivity contribution is 0.459. The van der Waals surface area contributed by atoms with E-state index in [1.165, 1.54) is 0 Å². The van der Waals surface area contributed by atoms with Crippen molar-refractivity contribution in [1.29, 1.82) is 0 Å². The smallest absolute Gasteiger partial charge is 0.119 e. The molecule has 2 N–H and O–H groups in total. The van der Waals surface area contributed by atoms with E-state index >= 15 is 0 Å². The van der Waals surface area contributed by atoms with Crippen molar-refractivity contribution < 1.29 is 10.2 Å². The number of phenolic OH excluding ortho intramolecular Hbond substituents is 2. The number of hydrogen-bond acceptors (Lipinski definition) is 2. The van der Waals surface area contributed by atoms with Crippen molar-refractivity contribution in [2.75, 3.05) is 0 Å². The summed E-state index contributed by atoms with van der Waals surface area (Å²) in [5.74, 6) is 0.682. The van der Waals surface area contributed by atoms with Gasteiger partial charge in [-0.25, -0.2) is 0 Å². The highest BCUT2D eigenvalue weighted by Gasteiger charge is 2.39. The average molecular weight is 453 g/mol. The number of phenols is 2. The predicted octanol–water partition coefficient (Wildman–Crippen LogP) is 5.36. The van der Waals surface area contributed by atoms with Gasteiger partial charge in [0.25, 0.3) is 0 Å². The predicted molar refractivity (Wildman–Crippen MR) is 138 cm³/mol. The number of benzene rings is 3. The van der Waals surface area contributed by atoms with Gasteiger partial charge in [0.15, 0.2) is 0 Å². The Labute approximate surface area is 185 Å². The summed E-state index contributed by atoms with van der Waals surface area (Å²) in [6.45, 7) is 13.4. The summed E-state index contributed by atoms with van der Waals surface area (Å²) in [6, 6.07) is 22.2. The maximum Gasteiger partial charge on any atom is 0.119 e. The van der Waals surface area contributed by atoms with Gasteiger partial charge in [0.1, 0.15) is 11.5 Å². The first-order valence-corrected chi connectivity index (χ1v) is 18.0. The summed E-state index contributed by atoms with van der Waals surface area (Å²) in [6.07, 6.45) is 0. The lowest BCUT2D eigenvalue weighted by Crippen LogP contribution is -2.40. The molecule has 0 fully saturated rings. The van der Waals surface area contributed by atoms with E-state index in [-0.39, 0.29) is 0 Å². The van der Waals surface area contributed by atoms with Gasteiger partial charge >= 0.3 is 0 Å². The van der Waals surface area contributed by atoms with Gasteiger partial charge in [0, 0.05) is 11.1 Å². The minimum absolute atomic E-state index is 0.341. The summed E-state index contributed by atoms with van der Waals surface area (Å²) >= 11 is 0. The van der Waals surface area contributed by atoms with Crippen LogP contribution in [0.2, 0.25) is 39.3 Å². The van der Waals surface area contributed by atoms with Crippen molar-refractivity contribution in [3.63, 3.8) is 0 Å². The van der Waals surface area contributed by atoms with Crippen LogP contribution in [0, 0.1) is 0 Å². The highest BCUT2D eigenvalue weighted by molar-refractivity contribution is 7.19. The fraction of sp³-hybridized carbons (Fsp3) is 0.280. The molecule has 0 aromatic heterocycles. The van der Waals surface area contributed by atoms with Gasteiger partial charge in [-0.05, 0) is 15.9 Å². The lowest BCUT2D eigenvalue weighted by Gasteiger charge is -2.35. The summed E-state index contributed by atoms with van der Waals surface area (Å²) in [4.78, 5) is 0. The molecule has 0 saturated carbocycles. The highest BCUT2D eigenvalue weighted by Crippen LogP contribution is 2.50.